The highest BCUT2D eigenvalue weighted by molar-refractivity contribution is 5.99. The summed E-state index contributed by atoms with van der Waals surface area (Å²) >= 11 is 0. The fourth-order valence-electron chi connectivity index (χ4n) is 4.99. The molecule has 3 atom stereocenters. The average molecular weight is 544 g/mol. The zero-order valence-electron chi connectivity index (χ0n) is 23.2. The number of hydrogen-bond acceptors (Lipinski definition) is 8. The largest absolute Gasteiger partial charge is 0.440 e. The average Bonchev–Trinajstić information content (AvgIpc) is 3.56. The molecule has 2 heterocycles. The van der Waals surface area contributed by atoms with Gasteiger partial charge in [-0.05, 0) is 56.9 Å². The van der Waals surface area contributed by atoms with Crippen LogP contribution in [0.25, 0.3) is 5.57 Å². The normalized spacial score (nSPS) is 19.3. The van der Waals surface area contributed by atoms with Gasteiger partial charge in [-0.1, -0.05) is 83.2 Å². The van der Waals surface area contributed by atoms with Gasteiger partial charge in [0.1, 0.15) is 11.6 Å². The topological polar surface area (TPSA) is 111 Å². The number of carbonyl (C=O) groups is 2. The number of imide groups is 1. The molecule has 1 unspecified atom stereocenters. The summed E-state index contributed by atoms with van der Waals surface area (Å²) in [5.41, 5.74) is 0.549. The summed E-state index contributed by atoms with van der Waals surface area (Å²) in [5, 5.41) is 6.88. The maximum atomic E-state index is 14.3. The zero-order valence-corrected chi connectivity index (χ0v) is 23.2. The number of nitrogens with zero attached hydrogens (tertiary/aromatic N) is 3. The Balaban J connectivity index is 1.71. The first-order chi connectivity index (χ1) is 19.2. The Bertz CT molecular complexity index is 1400. The van der Waals surface area contributed by atoms with E-state index in [1.54, 1.807) is 13.8 Å². The van der Waals surface area contributed by atoms with Gasteiger partial charge in [0, 0.05) is 6.07 Å². The van der Waals surface area contributed by atoms with Gasteiger partial charge in [0.25, 0.3) is 5.91 Å². The highest BCUT2D eigenvalue weighted by Gasteiger charge is 2.58. The molecule has 2 amide bonds. The number of nitroso groups, excluding NO2 is 1. The summed E-state index contributed by atoms with van der Waals surface area (Å²) in [5.74, 6) is -0.743. The highest BCUT2D eigenvalue weighted by atomic mass is 16.6. The molecule has 9 nitrogen and oxygen atoms in total. The zero-order chi connectivity index (χ0) is 28.9. The Labute approximate surface area is 233 Å². The number of aromatic nitrogens is 1. The van der Waals surface area contributed by atoms with Crippen LogP contribution in [-0.4, -0.2) is 33.3 Å². The molecule has 1 saturated heterocycles. The van der Waals surface area contributed by atoms with Crippen LogP contribution in [0.1, 0.15) is 69.2 Å². The van der Waals surface area contributed by atoms with Crippen LogP contribution < -0.4 is 0 Å². The number of allylic oxidation sites excluding steroid dienone is 4. The van der Waals surface area contributed by atoms with Gasteiger partial charge in [0.15, 0.2) is 17.4 Å². The van der Waals surface area contributed by atoms with E-state index in [0.29, 0.717) is 5.56 Å². The fourth-order valence-corrected chi connectivity index (χ4v) is 4.99. The number of cyclic esters (lactones) is 1. The molecule has 0 bridgehead atoms. The predicted molar refractivity (Wildman–Crippen MR) is 150 cm³/mol. The van der Waals surface area contributed by atoms with Crippen molar-refractivity contribution in [1.82, 2.24) is 10.1 Å². The first-order valence-corrected chi connectivity index (χ1v) is 13.0. The minimum atomic E-state index is -1.94. The second-order valence-corrected chi connectivity index (χ2v) is 10.2. The molecule has 0 radical (unpaired) electrons. The minimum Gasteiger partial charge on any atom is -0.440 e. The van der Waals surface area contributed by atoms with Crippen molar-refractivity contribution in [3.63, 3.8) is 0 Å². The van der Waals surface area contributed by atoms with E-state index in [0.717, 1.165) is 21.6 Å². The molecule has 1 aliphatic heterocycles. The number of rotatable bonds is 10. The molecule has 2 aromatic carbocycles. The molecule has 0 aliphatic carbocycles. The van der Waals surface area contributed by atoms with E-state index in [9.17, 15) is 14.5 Å². The van der Waals surface area contributed by atoms with Crippen molar-refractivity contribution in [2.24, 2.45) is 5.18 Å². The Morgan fingerprint density at radius 2 is 1.85 bits per heavy atom. The van der Waals surface area contributed by atoms with Crippen LogP contribution in [0.4, 0.5) is 4.79 Å². The summed E-state index contributed by atoms with van der Waals surface area (Å²) in [4.78, 5) is 40.8. The standard InChI is InChI=1S/C31H33N3O6/c1-6-11-22(7-2)23-16-14-21(15-17-23)20-38-31(5,26(33-37)25-18-19-32-40-25)28(35)34-27(24-12-9-8-10-13-24)30(3,4)39-29(34)36/h6-19,26-27H,20H2,1-5H3/b11-6-,22-7+/t26?,27-,31-/m0/s1. The Hall–Kier alpha value is -4.37. The molecule has 9 heteroatoms. The van der Waals surface area contributed by atoms with Gasteiger partial charge >= 0.3 is 6.09 Å². The molecule has 1 aliphatic rings. The van der Waals surface area contributed by atoms with Crippen LogP contribution in [0.3, 0.4) is 0 Å². The molecule has 0 saturated carbocycles. The van der Waals surface area contributed by atoms with E-state index < -0.39 is 35.3 Å². The molecule has 3 aromatic rings. The van der Waals surface area contributed by atoms with Crippen LogP contribution in [-0.2, 0) is 20.9 Å². The number of amides is 2. The molecule has 1 fully saturated rings. The van der Waals surface area contributed by atoms with Crippen molar-refractivity contribution in [2.75, 3.05) is 0 Å². The second-order valence-electron chi connectivity index (χ2n) is 10.2. The van der Waals surface area contributed by atoms with Crippen molar-refractivity contribution in [2.45, 2.75) is 64.5 Å². The van der Waals surface area contributed by atoms with Gasteiger partial charge in [-0.25, -0.2) is 9.69 Å². The minimum absolute atomic E-state index is 0.0355. The Morgan fingerprint density at radius 1 is 1.15 bits per heavy atom. The predicted octanol–water partition coefficient (Wildman–Crippen LogP) is 6.94. The maximum Gasteiger partial charge on any atom is 0.417 e. The Kier molecular flexibility index (Phi) is 8.44. The molecule has 40 heavy (non-hydrogen) atoms. The number of ether oxygens (including phenoxy) is 2. The van der Waals surface area contributed by atoms with E-state index in [4.69, 9.17) is 14.0 Å². The van der Waals surface area contributed by atoms with Crippen LogP contribution in [0.5, 0.6) is 0 Å². The van der Waals surface area contributed by atoms with Crippen molar-refractivity contribution < 1.29 is 23.6 Å². The van der Waals surface area contributed by atoms with Crippen molar-refractivity contribution in [3.05, 3.63) is 112 Å². The smallest absolute Gasteiger partial charge is 0.417 e. The lowest BCUT2D eigenvalue weighted by Gasteiger charge is -2.36. The summed E-state index contributed by atoms with van der Waals surface area (Å²) in [6.07, 6.45) is 6.50. The number of benzene rings is 2. The van der Waals surface area contributed by atoms with Gasteiger partial charge in [-0.15, -0.1) is 4.91 Å². The lowest BCUT2D eigenvalue weighted by molar-refractivity contribution is -0.161. The van der Waals surface area contributed by atoms with Gasteiger partial charge in [0.05, 0.1) is 12.8 Å². The van der Waals surface area contributed by atoms with Crippen molar-refractivity contribution in [3.8, 4) is 0 Å². The quantitative estimate of drug-likeness (QED) is 0.201. The van der Waals surface area contributed by atoms with Crippen molar-refractivity contribution >= 4 is 17.6 Å². The van der Waals surface area contributed by atoms with Crippen LogP contribution >= 0.6 is 0 Å². The Morgan fingerprint density at radius 3 is 2.42 bits per heavy atom. The SMILES string of the molecule is C/C=C\C(=C/C)c1ccc(CO[C@](C)(C(=O)N2C(=O)OC(C)(C)[C@@H]2c2ccccc2)C(N=O)c2ccno2)cc1. The van der Waals surface area contributed by atoms with E-state index in [2.05, 4.69) is 10.3 Å². The number of carbonyl (C=O) groups excluding carboxylic acids is 2. The lowest BCUT2D eigenvalue weighted by Crippen LogP contribution is -2.53. The molecule has 4 rings (SSSR count). The first kappa shape index (κ1) is 28.6. The third kappa shape index (κ3) is 5.51. The molecular formula is C31H33N3O6. The number of hydrogen-bond donors (Lipinski definition) is 0. The van der Waals surface area contributed by atoms with Crippen LogP contribution in [0.2, 0.25) is 0 Å². The maximum absolute atomic E-state index is 14.3. The van der Waals surface area contributed by atoms with Crippen LogP contribution in [0, 0.1) is 4.91 Å². The lowest BCUT2D eigenvalue weighted by atomic mass is 9.88. The molecular weight excluding hydrogens is 510 g/mol. The summed E-state index contributed by atoms with van der Waals surface area (Å²) in [6.45, 7) is 8.77. The van der Waals surface area contributed by atoms with E-state index in [1.165, 1.54) is 19.2 Å². The van der Waals surface area contributed by atoms with Gasteiger partial charge in [0.2, 0.25) is 0 Å². The summed E-state index contributed by atoms with van der Waals surface area (Å²) in [6, 6.07) is 16.0. The summed E-state index contributed by atoms with van der Waals surface area (Å²) in [7, 11) is 0. The van der Waals surface area contributed by atoms with Crippen molar-refractivity contribution in [1.29, 1.82) is 0 Å². The van der Waals surface area contributed by atoms with E-state index >= 15 is 0 Å². The third-order valence-corrected chi connectivity index (χ3v) is 7.06. The third-order valence-electron chi connectivity index (χ3n) is 7.06. The molecule has 208 valence electrons. The van der Waals surface area contributed by atoms with Crippen LogP contribution in [0.15, 0.2) is 94.8 Å². The fraction of sp³-hybridized carbons (Fsp3) is 0.323. The van der Waals surface area contributed by atoms with Gasteiger partial charge in [-0.3, -0.25) is 4.79 Å². The molecule has 1 aromatic heterocycles. The summed E-state index contributed by atoms with van der Waals surface area (Å²) < 4.78 is 17.1. The first-order valence-electron chi connectivity index (χ1n) is 13.0. The molecule has 0 spiro atoms. The monoisotopic (exact) mass is 543 g/mol. The van der Waals surface area contributed by atoms with Gasteiger partial charge < -0.3 is 14.0 Å². The second kappa shape index (κ2) is 11.8. The molecule has 0 N–H and O–H groups in total. The van der Waals surface area contributed by atoms with E-state index in [1.807, 2.05) is 86.7 Å². The highest BCUT2D eigenvalue weighted by Crippen LogP contribution is 2.45. The van der Waals surface area contributed by atoms with Gasteiger partial charge in [-0.2, -0.15) is 0 Å². The van der Waals surface area contributed by atoms with E-state index in [-0.39, 0.29) is 12.4 Å².